The van der Waals surface area contributed by atoms with Crippen LogP contribution in [0, 0.1) is 5.82 Å². The lowest BCUT2D eigenvalue weighted by molar-refractivity contribution is -0.117. The second-order valence-electron chi connectivity index (χ2n) is 7.64. The average molecular weight is 467 g/mol. The van der Waals surface area contributed by atoms with Crippen LogP contribution >= 0.6 is 11.3 Å². The van der Waals surface area contributed by atoms with Gasteiger partial charge in [0, 0.05) is 43.1 Å². The van der Waals surface area contributed by atoms with Gasteiger partial charge in [-0.1, -0.05) is 18.2 Å². The Morgan fingerprint density at radius 1 is 0.879 bits per heavy atom. The summed E-state index contributed by atoms with van der Waals surface area (Å²) in [6.45, 7) is 2.24. The summed E-state index contributed by atoms with van der Waals surface area (Å²) in [6, 6.07) is 16.2. The van der Waals surface area contributed by atoms with Crippen LogP contribution in [0.3, 0.4) is 0 Å². The topological polar surface area (TPSA) is 81.8 Å². The number of nitrogens with one attached hydrogen (secondary N) is 2. The van der Waals surface area contributed by atoms with Crippen molar-refractivity contribution in [3.8, 4) is 0 Å². The van der Waals surface area contributed by atoms with Crippen LogP contribution in [0.5, 0.6) is 0 Å². The number of carbonyl (C=O) groups excluding carboxylic acids is 3. The number of halogens is 1. The molecule has 0 bridgehead atoms. The molecule has 7 nitrogen and oxygen atoms in total. The van der Waals surface area contributed by atoms with E-state index in [0.717, 1.165) is 0 Å². The van der Waals surface area contributed by atoms with Crippen LogP contribution in [-0.4, -0.2) is 60.2 Å². The van der Waals surface area contributed by atoms with Gasteiger partial charge in [-0.25, -0.2) is 4.39 Å². The third kappa shape index (κ3) is 6.03. The van der Waals surface area contributed by atoms with Gasteiger partial charge in [0.25, 0.3) is 11.8 Å². The number of piperazine rings is 1. The Balaban J connectivity index is 1.28. The van der Waals surface area contributed by atoms with E-state index >= 15 is 0 Å². The van der Waals surface area contributed by atoms with Crippen molar-refractivity contribution in [3.05, 3.63) is 82.3 Å². The molecule has 4 rings (SSSR count). The Morgan fingerprint density at radius 3 is 2.30 bits per heavy atom. The fourth-order valence-corrected chi connectivity index (χ4v) is 4.21. The molecule has 170 valence electrons. The highest BCUT2D eigenvalue weighted by Gasteiger charge is 2.23. The smallest absolute Gasteiger partial charge is 0.265 e. The molecule has 0 atom stereocenters. The van der Waals surface area contributed by atoms with Crippen molar-refractivity contribution in [1.82, 2.24) is 9.80 Å². The summed E-state index contributed by atoms with van der Waals surface area (Å²) in [5.74, 6) is -0.963. The number of rotatable bonds is 6. The van der Waals surface area contributed by atoms with Gasteiger partial charge in [-0.15, -0.1) is 11.3 Å². The molecule has 0 spiro atoms. The van der Waals surface area contributed by atoms with Gasteiger partial charge >= 0.3 is 0 Å². The molecule has 1 aliphatic rings. The molecule has 3 aromatic rings. The highest BCUT2D eigenvalue weighted by atomic mass is 32.1. The largest absolute Gasteiger partial charge is 0.336 e. The molecule has 33 heavy (non-hydrogen) atoms. The van der Waals surface area contributed by atoms with E-state index in [-0.39, 0.29) is 24.3 Å². The van der Waals surface area contributed by atoms with Crippen molar-refractivity contribution < 1.29 is 18.8 Å². The van der Waals surface area contributed by atoms with E-state index in [9.17, 15) is 18.8 Å². The Bertz CT molecular complexity index is 1140. The Morgan fingerprint density at radius 2 is 1.61 bits per heavy atom. The maximum atomic E-state index is 13.3. The van der Waals surface area contributed by atoms with Gasteiger partial charge in [-0.05, 0) is 47.8 Å². The summed E-state index contributed by atoms with van der Waals surface area (Å²) in [7, 11) is 0. The average Bonchev–Trinajstić information content (AvgIpc) is 3.34. The first-order valence-corrected chi connectivity index (χ1v) is 11.4. The molecule has 1 saturated heterocycles. The summed E-state index contributed by atoms with van der Waals surface area (Å²) < 4.78 is 13.3. The van der Waals surface area contributed by atoms with E-state index in [1.807, 2.05) is 16.3 Å². The zero-order valence-corrected chi connectivity index (χ0v) is 18.6. The summed E-state index contributed by atoms with van der Waals surface area (Å²) in [4.78, 5) is 41.8. The van der Waals surface area contributed by atoms with E-state index in [4.69, 9.17) is 0 Å². The summed E-state index contributed by atoms with van der Waals surface area (Å²) >= 11 is 1.35. The Hall–Kier alpha value is -3.56. The third-order valence-electron chi connectivity index (χ3n) is 5.25. The maximum absolute atomic E-state index is 13.3. The van der Waals surface area contributed by atoms with Gasteiger partial charge < -0.3 is 15.5 Å². The third-order valence-corrected chi connectivity index (χ3v) is 6.12. The van der Waals surface area contributed by atoms with Crippen LogP contribution in [0.2, 0.25) is 0 Å². The molecule has 2 N–H and O–H groups in total. The molecule has 2 heterocycles. The molecule has 3 amide bonds. The van der Waals surface area contributed by atoms with E-state index < -0.39 is 5.82 Å². The standard InChI is InChI=1S/C24H23FN4O3S/c25-18-5-2-7-20(15-18)26-22(30)16-28-9-11-29(12-10-28)24(32)17-4-1-6-19(14-17)27-23(31)21-8-3-13-33-21/h1-8,13-15H,9-12,16H2,(H,26,30)(H,27,31). The SMILES string of the molecule is O=C(CN1CCN(C(=O)c2cccc(NC(=O)c3cccs3)c2)CC1)Nc1cccc(F)c1. The number of hydrogen-bond acceptors (Lipinski definition) is 5. The quantitative estimate of drug-likeness (QED) is 0.582. The first-order valence-electron chi connectivity index (χ1n) is 10.5. The molecule has 0 saturated carbocycles. The molecule has 1 aliphatic heterocycles. The van der Waals surface area contributed by atoms with Crippen molar-refractivity contribution in [2.45, 2.75) is 0 Å². The summed E-state index contributed by atoms with van der Waals surface area (Å²) in [5.41, 5.74) is 1.48. The number of benzene rings is 2. The first kappa shape index (κ1) is 22.6. The van der Waals surface area contributed by atoms with Crippen molar-refractivity contribution in [2.75, 3.05) is 43.4 Å². The van der Waals surface area contributed by atoms with E-state index in [0.29, 0.717) is 48.0 Å². The second kappa shape index (κ2) is 10.4. The van der Waals surface area contributed by atoms with Gasteiger partial charge in [0.1, 0.15) is 5.82 Å². The lowest BCUT2D eigenvalue weighted by atomic mass is 10.1. The zero-order valence-electron chi connectivity index (χ0n) is 17.8. The van der Waals surface area contributed by atoms with Gasteiger partial charge in [0.15, 0.2) is 0 Å². The molecular weight excluding hydrogens is 443 g/mol. The lowest BCUT2D eigenvalue weighted by Gasteiger charge is -2.34. The predicted octanol–water partition coefficient (Wildman–Crippen LogP) is 3.54. The second-order valence-corrected chi connectivity index (χ2v) is 8.59. The van der Waals surface area contributed by atoms with E-state index in [1.54, 1.807) is 41.3 Å². The van der Waals surface area contributed by atoms with Gasteiger partial charge in [-0.2, -0.15) is 0 Å². The first-order chi connectivity index (χ1) is 16.0. The van der Waals surface area contributed by atoms with Crippen LogP contribution in [-0.2, 0) is 4.79 Å². The Kier molecular flexibility index (Phi) is 7.11. The number of hydrogen-bond donors (Lipinski definition) is 2. The fourth-order valence-electron chi connectivity index (χ4n) is 3.59. The molecule has 0 aliphatic carbocycles. The van der Waals surface area contributed by atoms with Gasteiger partial charge in [0.05, 0.1) is 11.4 Å². The molecule has 9 heteroatoms. The van der Waals surface area contributed by atoms with Crippen molar-refractivity contribution >= 4 is 40.4 Å². The van der Waals surface area contributed by atoms with Crippen LogP contribution in [0.4, 0.5) is 15.8 Å². The van der Waals surface area contributed by atoms with Crippen LogP contribution in [0.1, 0.15) is 20.0 Å². The predicted molar refractivity (Wildman–Crippen MR) is 126 cm³/mol. The van der Waals surface area contributed by atoms with Crippen molar-refractivity contribution in [2.24, 2.45) is 0 Å². The number of nitrogens with zero attached hydrogens (tertiary/aromatic N) is 2. The van der Waals surface area contributed by atoms with Gasteiger partial charge in [0.2, 0.25) is 5.91 Å². The minimum atomic E-state index is -0.407. The maximum Gasteiger partial charge on any atom is 0.265 e. The van der Waals surface area contributed by atoms with Gasteiger partial charge in [-0.3, -0.25) is 19.3 Å². The normalized spacial score (nSPS) is 14.0. The van der Waals surface area contributed by atoms with Crippen molar-refractivity contribution in [3.63, 3.8) is 0 Å². The number of anilines is 2. The molecule has 1 aromatic heterocycles. The van der Waals surface area contributed by atoms with Crippen LogP contribution in [0.15, 0.2) is 66.0 Å². The van der Waals surface area contributed by atoms with Crippen molar-refractivity contribution in [1.29, 1.82) is 0 Å². The molecule has 0 unspecified atom stereocenters. The van der Waals surface area contributed by atoms with E-state index in [1.165, 1.54) is 29.5 Å². The lowest BCUT2D eigenvalue weighted by Crippen LogP contribution is -2.50. The number of thiophene rings is 1. The molecule has 0 radical (unpaired) electrons. The van der Waals surface area contributed by atoms with Crippen LogP contribution < -0.4 is 10.6 Å². The number of amides is 3. The molecule has 2 aromatic carbocycles. The molecule has 1 fully saturated rings. The fraction of sp³-hybridized carbons (Fsp3) is 0.208. The highest BCUT2D eigenvalue weighted by Crippen LogP contribution is 2.17. The minimum absolute atomic E-state index is 0.119. The summed E-state index contributed by atoms with van der Waals surface area (Å²) in [6.07, 6.45) is 0. The summed E-state index contributed by atoms with van der Waals surface area (Å²) in [5, 5.41) is 7.34. The minimum Gasteiger partial charge on any atom is -0.336 e. The molecular formula is C24H23FN4O3S. The monoisotopic (exact) mass is 466 g/mol. The van der Waals surface area contributed by atoms with Crippen LogP contribution in [0.25, 0.3) is 0 Å². The Labute approximate surface area is 194 Å². The van der Waals surface area contributed by atoms with E-state index in [2.05, 4.69) is 10.6 Å². The number of carbonyl (C=O) groups is 3. The highest BCUT2D eigenvalue weighted by molar-refractivity contribution is 7.12. The zero-order chi connectivity index (χ0) is 23.2.